The van der Waals surface area contributed by atoms with E-state index >= 15 is 0 Å². The number of amides is 1. The molecule has 1 aliphatic heterocycles. The lowest BCUT2D eigenvalue weighted by molar-refractivity contribution is 0.0713. The van der Waals surface area contributed by atoms with Gasteiger partial charge in [-0.1, -0.05) is 24.3 Å². The van der Waals surface area contributed by atoms with E-state index in [0.717, 1.165) is 11.1 Å². The van der Waals surface area contributed by atoms with E-state index in [0.29, 0.717) is 23.4 Å². The quantitative estimate of drug-likeness (QED) is 0.640. The van der Waals surface area contributed by atoms with E-state index in [1.807, 2.05) is 23.6 Å². The Morgan fingerprint density at radius 3 is 2.67 bits per heavy atom. The van der Waals surface area contributed by atoms with Gasteiger partial charge in [0.2, 0.25) is 10.0 Å². The molecule has 1 N–H and O–H groups in total. The van der Waals surface area contributed by atoms with Crippen molar-refractivity contribution < 1.29 is 17.6 Å². The van der Waals surface area contributed by atoms with Gasteiger partial charge in [0, 0.05) is 22.5 Å². The van der Waals surface area contributed by atoms with Gasteiger partial charge >= 0.3 is 0 Å². The first kappa shape index (κ1) is 20.2. The van der Waals surface area contributed by atoms with Gasteiger partial charge in [-0.15, -0.1) is 11.3 Å². The summed E-state index contributed by atoms with van der Waals surface area (Å²) in [5.74, 6) is -0.884. The lowest BCUT2D eigenvalue weighted by Crippen LogP contribution is -2.26. The summed E-state index contributed by atoms with van der Waals surface area (Å²) in [6, 6.07) is 15.9. The smallest absolute Gasteiger partial charge is 0.274 e. The van der Waals surface area contributed by atoms with E-state index in [-0.39, 0.29) is 11.6 Å². The fourth-order valence-corrected chi connectivity index (χ4v) is 4.67. The topological polar surface area (TPSA) is 78.8 Å². The van der Waals surface area contributed by atoms with Gasteiger partial charge in [-0.05, 0) is 47.3 Å². The maximum absolute atomic E-state index is 13.6. The molecule has 154 valence electrons. The van der Waals surface area contributed by atoms with Crippen LogP contribution < -0.4 is 4.72 Å². The summed E-state index contributed by atoms with van der Waals surface area (Å²) in [5, 5.41) is 7.85. The van der Waals surface area contributed by atoms with Crippen molar-refractivity contribution >= 4 is 38.7 Å². The van der Waals surface area contributed by atoms with Crippen LogP contribution in [0, 0.1) is 5.82 Å². The van der Waals surface area contributed by atoms with Gasteiger partial charge in [-0.25, -0.2) is 17.8 Å². The van der Waals surface area contributed by atoms with Crippen LogP contribution in [0.1, 0.15) is 33.3 Å². The molecule has 3 aromatic rings. The number of rotatable bonds is 5. The Morgan fingerprint density at radius 1 is 1.17 bits per heavy atom. The Morgan fingerprint density at radius 2 is 1.97 bits per heavy atom. The predicted molar refractivity (Wildman–Crippen MR) is 116 cm³/mol. The number of hydrazone groups is 1. The number of carbonyl (C=O) groups excluding carboxylic acids is 1. The van der Waals surface area contributed by atoms with Crippen LogP contribution in [-0.4, -0.2) is 31.3 Å². The molecule has 0 unspecified atom stereocenters. The number of thiophene rings is 1. The molecule has 4 rings (SSSR count). The zero-order valence-corrected chi connectivity index (χ0v) is 17.6. The van der Waals surface area contributed by atoms with Crippen molar-refractivity contribution in [3.05, 3.63) is 87.9 Å². The molecule has 0 bridgehead atoms. The number of carbonyl (C=O) groups is 1. The van der Waals surface area contributed by atoms with E-state index in [2.05, 4.69) is 9.82 Å². The van der Waals surface area contributed by atoms with E-state index in [9.17, 15) is 17.6 Å². The molecule has 1 aromatic heterocycles. The zero-order valence-electron chi connectivity index (χ0n) is 15.9. The third-order valence-electron chi connectivity index (χ3n) is 4.56. The van der Waals surface area contributed by atoms with Crippen molar-refractivity contribution in [2.24, 2.45) is 5.10 Å². The van der Waals surface area contributed by atoms with Gasteiger partial charge in [0.05, 0.1) is 18.0 Å². The Kier molecular flexibility index (Phi) is 5.40. The standard InChI is InChI=1S/C21H18FN3O3S2/c1-30(27,28)24-17-8-3-5-14(12-17)18-13-19(20-9-4-10-29-20)25(23-18)21(26)15-6-2-7-16(22)11-15/h2-12,19,24H,13H2,1H3/t19-/m1/s1. The average molecular weight is 444 g/mol. The minimum absolute atomic E-state index is 0.217. The monoisotopic (exact) mass is 443 g/mol. The van der Waals surface area contributed by atoms with Crippen LogP contribution in [0.4, 0.5) is 10.1 Å². The number of nitrogens with zero attached hydrogens (tertiary/aromatic N) is 2. The molecule has 9 heteroatoms. The Bertz CT molecular complexity index is 1220. The SMILES string of the molecule is CS(=O)(=O)Nc1cccc(C2=NN(C(=O)c3cccc(F)c3)[C@@H](c3cccs3)C2)c1. The summed E-state index contributed by atoms with van der Waals surface area (Å²) >= 11 is 1.51. The molecule has 1 amide bonds. The zero-order chi connectivity index (χ0) is 21.3. The van der Waals surface area contributed by atoms with Crippen LogP contribution in [0.5, 0.6) is 0 Å². The molecule has 2 aromatic carbocycles. The first-order valence-corrected chi connectivity index (χ1v) is 11.9. The van der Waals surface area contributed by atoms with Crippen LogP contribution >= 0.6 is 11.3 Å². The van der Waals surface area contributed by atoms with Gasteiger partial charge in [-0.2, -0.15) is 5.10 Å². The summed E-state index contributed by atoms with van der Waals surface area (Å²) in [7, 11) is -3.42. The van der Waals surface area contributed by atoms with Crippen LogP contribution in [0.25, 0.3) is 0 Å². The predicted octanol–water partition coefficient (Wildman–Crippen LogP) is 4.25. The van der Waals surface area contributed by atoms with E-state index in [1.165, 1.54) is 34.5 Å². The second-order valence-corrected chi connectivity index (χ2v) is 9.62. The fraction of sp³-hybridized carbons (Fsp3) is 0.143. The molecule has 6 nitrogen and oxygen atoms in total. The molecule has 0 saturated carbocycles. The molecule has 0 aliphatic carbocycles. The molecule has 0 saturated heterocycles. The van der Waals surface area contributed by atoms with Crippen LogP contribution in [0.3, 0.4) is 0 Å². The molecule has 1 atom stereocenters. The lowest BCUT2D eigenvalue weighted by atomic mass is 10.0. The fourth-order valence-electron chi connectivity index (χ4n) is 3.30. The van der Waals surface area contributed by atoms with Crippen LogP contribution in [0.2, 0.25) is 0 Å². The van der Waals surface area contributed by atoms with Crippen molar-refractivity contribution in [2.75, 3.05) is 11.0 Å². The van der Waals surface area contributed by atoms with E-state index in [4.69, 9.17) is 0 Å². The minimum atomic E-state index is -3.42. The maximum atomic E-state index is 13.6. The van der Waals surface area contributed by atoms with Crippen molar-refractivity contribution in [1.82, 2.24) is 5.01 Å². The summed E-state index contributed by atoms with van der Waals surface area (Å²) in [5.41, 5.74) is 1.99. The Hall–Kier alpha value is -3.04. The lowest BCUT2D eigenvalue weighted by Gasteiger charge is -2.20. The molecule has 0 radical (unpaired) electrons. The average Bonchev–Trinajstić information content (AvgIpc) is 3.36. The van der Waals surface area contributed by atoms with Crippen molar-refractivity contribution in [1.29, 1.82) is 0 Å². The Balaban J connectivity index is 1.70. The van der Waals surface area contributed by atoms with Gasteiger partial charge in [0.1, 0.15) is 5.82 Å². The van der Waals surface area contributed by atoms with Gasteiger partial charge in [0.15, 0.2) is 0 Å². The number of halogens is 1. The molecule has 1 aliphatic rings. The number of sulfonamides is 1. The minimum Gasteiger partial charge on any atom is -0.284 e. The molecule has 0 fully saturated rings. The highest BCUT2D eigenvalue weighted by molar-refractivity contribution is 7.92. The Labute approximate surface area is 177 Å². The first-order valence-electron chi connectivity index (χ1n) is 9.08. The summed E-state index contributed by atoms with van der Waals surface area (Å²) < 4.78 is 39.2. The third kappa shape index (κ3) is 4.42. The third-order valence-corrected chi connectivity index (χ3v) is 6.14. The number of nitrogens with one attached hydrogen (secondary N) is 1. The molecular formula is C21H18FN3O3S2. The maximum Gasteiger partial charge on any atom is 0.274 e. The second kappa shape index (κ2) is 8.00. The molecule has 2 heterocycles. The highest BCUT2D eigenvalue weighted by atomic mass is 32.2. The van der Waals surface area contributed by atoms with Crippen LogP contribution in [0.15, 0.2) is 71.1 Å². The largest absolute Gasteiger partial charge is 0.284 e. The van der Waals surface area contributed by atoms with Crippen molar-refractivity contribution in [3.8, 4) is 0 Å². The molecular weight excluding hydrogens is 425 g/mol. The number of anilines is 1. The summed E-state index contributed by atoms with van der Waals surface area (Å²) in [6.45, 7) is 0. The van der Waals surface area contributed by atoms with Gasteiger partial charge < -0.3 is 0 Å². The highest BCUT2D eigenvalue weighted by Crippen LogP contribution is 2.36. The molecule has 0 spiro atoms. The molecule has 30 heavy (non-hydrogen) atoms. The van der Waals surface area contributed by atoms with E-state index in [1.54, 1.807) is 24.3 Å². The van der Waals surface area contributed by atoms with Crippen molar-refractivity contribution in [3.63, 3.8) is 0 Å². The number of benzene rings is 2. The second-order valence-electron chi connectivity index (χ2n) is 6.90. The highest BCUT2D eigenvalue weighted by Gasteiger charge is 2.34. The summed E-state index contributed by atoms with van der Waals surface area (Å²) in [4.78, 5) is 14.1. The first-order chi connectivity index (χ1) is 14.3. The van der Waals surface area contributed by atoms with Crippen LogP contribution in [-0.2, 0) is 10.0 Å². The number of hydrogen-bond acceptors (Lipinski definition) is 5. The van der Waals surface area contributed by atoms with Gasteiger partial charge in [0.25, 0.3) is 5.91 Å². The summed E-state index contributed by atoms with van der Waals surface area (Å²) in [6.07, 6.45) is 1.54. The van der Waals surface area contributed by atoms with E-state index < -0.39 is 21.7 Å². The number of hydrogen-bond donors (Lipinski definition) is 1. The normalized spacial score (nSPS) is 16.4. The van der Waals surface area contributed by atoms with Gasteiger partial charge in [-0.3, -0.25) is 9.52 Å². The van der Waals surface area contributed by atoms with Crippen molar-refractivity contribution in [2.45, 2.75) is 12.5 Å².